The van der Waals surface area contributed by atoms with Crippen molar-refractivity contribution in [1.29, 1.82) is 0 Å². The highest BCUT2D eigenvalue weighted by Crippen LogP contribution is 2.53. The summed E-state index contributed by atoms with van der Waals surface area (Å²) in [7, 11) is -3.72. The number of halogens is 1. The zero-order chi connectivity index (χ0) is 24.8. The third-order valence-corrected chi connectivity index (χ3v) is 11.0. The average molecular weight is 505 g/mol. The van der Waals surface area contributed by atoms with E-state index >= 15 is 0 Å². The second kappa shape index (κ2) is 7.54. The van der Waals surface area contributed by atoms with Crippen molar-refractivity contribution in [1.82, 2.24) is 9.29 Å². The molecule has 0 atom stereocenters. The van der Waals surface area contributed by atoms with Gasteiger partial charge in [0.15, 0.2) is 0 Å². The molecule has 0 unspecified atom stereocenters. The molecule has 0 radical (unpaired) electrons. The van der Waals surface area contributed by atoms with Gasteiger partial charge in [0, 0.05) is 28.6 Å². The third kappa shape index (κ3) is 3.31. The second-order valence-electron chi connectivity index (χ2n) is 11.2. The topological polar surface area (TPSA) is 68.2 Å². The molecule has 1 aromatic heterocycles. The van der Waals surface area contributed by atoms with Crippen LogP contribution in [-0.2, 0) is 16.6 Å². The van der Waals surface area contributed by atoms with Crippen LogP contribution in [0.5, 0.6) is 0 Å². The smallest absolute Gasteiger partial charge is 0.264 e. The molecule has 2 saturated carbocycles. The zero-order valence-electron chi connectivity index (χ0n) is 20.4. The first-order chi connectivity index (χ1) is 17.3. The molecule has 2 aromatic carbocycles. The number of carbonyl (C=O) groups excluding carboxylic acids is 1. The lowest BCUT2D eigenvalue weighted by Gasteiger charge is -2.24. The van der Waals surface area contributed by atoms with Crippen molar-refractivity contribution in [2.75, 3.05) is 0 Å². The molecule has 0 bridgehead atoms. The van der Waals surface area contributed by atoms with Crippen LogP contribution in [0.1, 0.15) is 85.7 Å². The minimum Gasteiger partial charge on any atom is -0.336 e. The Morgan fingerprint density at radius 1 is 1.06 bits per heavy atom. The summed E-state index contributed by atoms with van der Waals surface area (Å²) in [6.07, 6.45) is 7.90. The standard InChI is InChI=1S/C29H29FN2O3S/c1-29(11-12-29)36(34,35)31-28(33)18-7-9-22-25(14-18)32-16-19-13-23(19)24-15-20(30)8-10-21(24)27(32)26(22)17-5-3-2-4-6-17/h7-10,14-15,17H,2-6,11-13,16H2,1H3,(H,31,33). The van der Waals surface area contributed by atoms with Crippen molar-refractivity contribution < 1.29 is 17.6 Å². The van der Waals surface area contributed by atoms with Gasteiger partial charge in [-0.3, -0.25) is 4.79 Å². The summed E-state index contributed by atoms with van der Waals surface area (Å²) in [6, 6.07) is 10.7. The number of rotatable bonds is 4. The van der Waals surface area contributed by atoms with Gasteiger partial charge in [-0.2, -0.15) is 0 Å². The summed E-state index contributed by atoms with van der Waals surface area (Å²) in [5, 5.41) is 1.12. The van der Waals surface area contributed by atoms with Crippen LogP contribution in [0.2, 0.25) is 0 Å². The molecule has 4 aliphatic rings. The SMILES string of the molecule is CC1(S(=O)(=O)NC(=O)c2ccc3c(C4CCCCC4)c4n(c3c2)CC2=C(C2)c2cc(F)ccc2-4)CC1. The predicted molar refractivity (Wildman–Crippen MR) is 139 cm³/mol. The Balaban J connectivity index is 1.41. The van der Waals surface area contributed by atoms with Crippen molar-refractivity contribution >= 4 is 32.4 Å². The molecule has 5 nitrogen and oxygen atoms in total. The fourth-order valence-electron chi connectivity index (χ4n) is 6.30. The quantitative estimate of drug-likeness (QED) is 0.455. The highest BCUT2D eigenvalue weighted by molar-refractivity contribution is 7.91. The molecular weight excluding hydrogens is 475 g/mol. The molecule has 1 aliphatic heterocycles. The molecule has 0 spiro atoms. The van der Waals surface area contributed by atoms with E-state index in [-0.39, 0.29) is 5.82 Å². The molecule has 3 aliphatic carbocycles. The Morgan fingerprint density at radius 2 is 1.83 bits per heavy atom. The summed E-state index contributed by atoms with van der Waals surface area (Å²) < 4.78 is 43.4. The summed E-state index contributed by atoms with van der Waals surface area (Å²) in [4.78, 5) is 13.1. The monoisotopic (exact) mass is 504 g/mol. The molecule has 186 valence electrons. The first-order valence-corrected chi connectivity index (χ1v) is 14.5. The van der Waals surface area contributed by atoms with Crippen LogP contribution in [0.3, 0.4) is 0 Å². The first-order valence-electron chi connectivity index (χ1n) is 13.0. The lowest BCUT2D eigenvalue weighted by atomic mass is 9.81. The van der Waals surface area contributed by atoms with Crippen LogP contribution in [-0.4, -0.2) is 23.6 Å². The number of carbonyl (C=O) groups is 1. The van der Waals surface area contributed by atoms with E-state index < -0.39 is 20.7 Å². The van der Waals surface area contributed by atoms with E-state index in [4.69, 9.17) is 0 Å². The minimum absolute atomic E-state index is 0.221. The summed E-state index contributed by atoms with van der Waals surface area (Å²) in [6.45, 7) is 2.39. The van der Waals surface area contributed by atoms with Gasteiger partial charge < -0.3 is 4.57 Å². The molecule has 3 aromatic rings. The minimum atomic E-state index is -3.72. The predicted octanol–water partition coefficient (Wildman–Crippen LogP) is 6.28. The van der Waals surface area contributed by atoms with Crippen LogP contribution in [0.25, 0.3) is 27.7 Å². The number of hydrogen-bond donors (Lipinski definition) is 1. The fourth-order valence-corrected chi connectivity index (χ4v) is 7.54. The number of sulfonamides is 1. The molecule has 7 rings (SSSR count). The Hall–Kier alpha value is -2.93. The molecule has 2 heterocycles. The highest BCUT2D eigenvalue weighted by Gasteiger charge is 2.51. The van der Waals surface area contributed by atoms with E-state index in [1.54, 1.807) is 25.1 Å². The third-order valence-electron chi connectivity index (χ3n) is 8.81. The van der Waals surface area contributed by atoms with Crippen LogP contribution in [0, 0.1) is 5.82 Å². The maximum atomic E-state index is 14.3. The van der Waals surface area contributed by atoms with Crippen molar-refractivity contribution in [3.05, 3.63) is 64.5 Å². The molecular formula is C29H29FN2O3S. The van der Waals surface area contributed by atoms with E-state index in [9.17, 15) is 17.6 Å². The van der Waals surface area contributed by atoms with Gasteiger partial charge in [0.05, 0.1) is 10.4 Å². The number of fused-ring (bicyclic) bond motifs is 6. The van der Waals surface area contributed by atoms with Gasteiger partial charge >= 0.3 is 0 Å². The van der Waals surface area contributed by atoms with E-state index in [2.05, 4.69) is 9.29 Å². The molecule has 36 heavy (non-hydrogen) atoms. The van der Waals surface area contributed by atoms with Gasteiger partial charge in [-0.15, -0.1) is 0 Å². The average Bonchev–Trinajstić information content (AvgIpc) is 3.77. The normalized spacial score (nSPS) is 20.4. The van der Waals surface area contributed by atoms with Crippen molar-refractivity contribution in [3.63, 3.8) is 0 Å². The molecule has 0 saturated heterocycles. The number of allylic oxidation sites excluding steroid dienone is 2. The number of hydrogen-bond acceptors (Lipinski definition) is 3. The second-order valence-corrected chi connectivity index (χ2v) is 13.4. The number of benzene rings is 2. The van der Waals surface area contributed by atoms with Crippen molar-refractivity contribution in [2.45, 2.75) is 75.5 Å². The molecule has 2 fully saturated rings. The number of amides is 1. The van der Waals surface area contributed by atoms with Crippen LogP contribution < -0.4 is 4.72 Å². The maximum Gasteiger partial charge on any atom is 0.264 e. The Morgan fingerprint density at radius 3 is 2.58 bits per heavy atom. The van der Waals surface area contributed by atoms with Gasteiger partial charge in [0.25, 0.3) is 5.91 Å². The Kier molecular flexibility index (Phi) is 4.67. The summed E-state index contributed by atoms with van der Waals surface area (Å²) >= 11 is 0. The Labute approximate surface area is 210 Å². The van der Waals surface area contributed by atoms with Gasteiger partial charge in [-0.05, 0) is 97.6 Å². The van der Waals surface area contributed by atoms with Crippen molar-refractivity contribution in [2.24, 2.45) is 0 Å². The number of nitrogens with one attached hydrogen (secondary N) is 1. The lowest BCUT2D eigenvalue weighted by Crippen LogP contribution is -2.38. The molecule has 1 N–H and O–H groups in total. The highest BCUT2D eigenvalue weighted by atomic mass is 32.2. The zero-order valence-corrected chi connectivity index (χ0v) is 21.2. The lowest BCUT2D eigenvalue weighted by molar-refractivity contribution is 0.0981. The first kappa shape index (κ1) is 22.3. The van der Waals surface area contributed by atoms with E-state index in [0.717, 1.165) is 47.0 Å². The van der Waals surface area contributed by atoms with Gasteiger partial charge in [0.1, 0.15) is 5.82 Å². The Bertz CT molecular complexity index is 1600. The van der Waals surface area contributed by atoms with Crippen LogP contribution >= 0.6 is 0 Å². The molecule has 7 heteroatoms. The van der Waals surface area contributed by atoms with E-state index in [0.29, 0.717) is 30.9 Å². The van der Waals surface area contributed by atoms with E-state index in [1.165, 1.54) is 36.0 Å². The van der Waals surface area contributed by atoms with E-state index in [1.807, 2.05) is 18.2 Å². The summed E-state index contributed by atoms with van der Waals surface area (Å²) in [5.41, 5.74) is 8.31. The van der Waals surface area contributed by atoms with Gasteiger partial charge in [-0.25, -0.2) is 17.5 Å². The van der Waals surface area contributed by atoms with Gasteiger partial charge in [0.2, 0.25) is 10.0 Å². The number of aromatic nitrogens is 1. The van der Waals surface area contributed by atoms with Crippen LogP contribution in [0.4, 0.5) is 4.39 Å². The molecule has 1 amide bonds. The van der Waals surface area contributed by atoms with Gasteiger partial charge in [-0.1, -0.05) is 25.3 Å². The largest absolute Gasteiger partial charge is 0.336 e. The number of nitrogens with zero attached hydrogens (tertiary/aromatic N) is 1. The van der Waals surface area contributed by atoms with Crippen molar-refractivity contribution in [3.8, 4) is 11.3 Å². The fraction of sp³-hybridized carbons (Fsp3) is 0.414. The summed E-state index contributed by atoms with van der Waals surface area (Å²) in [5.74, 6) is -0.391. The maximum absolute atomic E-state index is 14.3. The van der Waals surface area contributed by atoms with Crippen LogP contribution in [0.15, 0.2) is 42.0 Å².